The van der Waals surface area contributed by atoms with Crippen molar-refractivity contribution < 1.29 is 4.79 Å². The van der Waals surface area contributed by atoms with Crippen molar-refractivity contribution in [2.45, 2.75) is 0 Å². The van der Waals surface area contributed by atoms with Crippen molar-refractivity contribution in [2.24, 2.45) is 16.5 Å². The first-order valence-corrected chi connectivity index (χ1v) is 7.73. The third-order valence-corrected chi connectivity index (χ3v) is 4.06. The van der Waals surface area contributed by atoms with Crippen LogP contribution >= 0.6 is 0 Å². The van der Waals surface area contributed by atoms with Crippen molar-refractivity contribution in [1.82, 2.24) is 9.55 Å². The first-order chi connectivity index (χ1) is 12.1. The Hall–Kier alpha value is -3.67. The molecule has 1 amide bonds. The number of para-hydroxylation sites is 1. The van der Waals surface area contributed by atoms with E-state index in [9.17, 15) is 4.79 Å². The van der Waals surface area contributed by atoms with Crippen LogP contribution < -0.4 is 11.5 Å². The number of amides is 1. The molecule has 4 rings (SSSR count). The number of carbonyl (C=O) groups excluding carboxylic acids is 1. The van der Waals surface area contributed by atoms with E-state index in [-0.39, 0.29) is 5.96 Å². The fraction of sp³-hybridized carbons (Fsp3) is 0. The molecule has 2 heterocycles. The van der Waals surface area contributed by atoms with Crippen molar-refractivity contribution in [3.8, 4) is 5.69 Å². The Labute approximate surface area is 143 Å². The molecule has 25 heavy (non-hydrogen) atoms. The van der Waals surface area contributed by atoms with Crippen LogP contribution in [0.2, 0.25) is 0 Å². The zero-order valence-electron chi connectivity index (χ0n) is 13.3. The highest BCUT2D eigenvalue weighted by Crippen LogP contribution is 2.32. The van der Waals surface area contributed by atoms with E-state index in [0.29, 0.717) is 5.56 Å². The number of carbonyl (C=O) groups is 1. The van der Waals surface area contributed by atoms with Gasteiger partial charge in [0.2, 0.25) is 0 Å². The Balaban J connectivity index is 2.06. The summed E-state index contributed by atoms with van der Waals surface area (Å²) in [5, 5.41) is 2.14. The van der Waals surface area contributed by atoms with E-state index in [2.05, 4.69) is 20.6 Å². The molecule has 0 spiro atoms. The molecule has 0 atom stereocenters. The van der Waals surface area contributed by atoms with E-state index in [0.717, 1.165) is 27.5 Å². The molecule has 0 bridgehead atoms. The SMILES string of the molecule is NC(N)=NC(=O)c1ccc2c3ccccc3n(-c3cccnc3)c2c1. The van der Waals surface area contributed by atoms with Crippen molar-refractivity contribution >= 4 is 33.7 Å². The average Bonchev–Trinajstić information content (AvgIpc) is 2.95. The highest BCUT2D eigenvalue weighted by atomic mass is 16.1. The van der Waals surface area contributed by atoms with Gasteiger partial charge in [-0.25, -0.2) is 0 Å². The van der Waals surface area contributed by atoms with Crippen LogP contribution in [0.4, 0.5) is 0 Å². The Morgan fingerprint density at radius 1 is 0.960 bits per heavy atom. The van der Waals surface area contributed by atoms with Gasteiger partial charge in [0.1, 0.15) is 0 Å². The van der Waals surface area contributed by atoms with E-state index >= 15 is 0 Å². The van der Waals surface area contributed by atoms with Crippen LogP contribution in [0.3, 0.4) is 0 Å². The van der Waals surface area contributed by atoms with E-state index in [1.807, 2.05) is 36.4 Å². The molecule has 6 nitrogen and oxygen atoms in total. The highest BCUT2D eigenvalue weighted by molar-refractivity contribution is 6.12. The molecule has 0 unspecified atom stereocenters. The molecule has 4 N–H and O–H groups in total. The first kappa shape index (κ1) is 14.9. The molecule has 0 fully saturated rings. The quantitative estimate of drug-likeness (QED) is 0.436. The molecule has 4 aromatic rings. The Bertz CT molecular complexity index is 1120. The summed E-state index contributed by atoms with van der Waals surface area (Å²) in [6, 6.07) is 17.4. The van der Waals surface area contributed by atoms with Crippen molar-refractivity contribution in [2.75, 3.05) is 0 Å². The number of pyridine rings is 1. The third kappa shape index (κ3) is 2.49. The molecule has 0 saturated heterocycles. The summed E-state index contributed by atoms with van der Waals surface area (Å²) in [6.45, 7) is 0. The van der Waals surface area contributed by atoms with Gasteiger partial charge in [-0.05, 0) is 30.3 Å². The average molecular weight is 329 g/mol. The van der Waals surface area contributed by atoms with Gasteiger partial charge in [0, 0.05) is 22.5 Å². The van der Waals surface area contributed by atoms with Crippen LogP contribution in [-0.4, -0.2) is 21.4 Å². The van der Waals surface area contributed by atoms with Crippen LogP contribution in [0.25, 0.3) is 27.5 Å². The minimum Gasteiger partial charge on any atom is -0.370 e. The Morgan fingerprint density at radius 2 is 1.76 bits per heavy atom. The summed E-state index contributed by atoms with van der Waals surface area (Å²) in [4.78, 5) is 20.0. The molecule has 0 aliphatic heterocycles. The van der Waals surface area contributed by atoms with Crippen LogP contribution in [0.1, 0.15) is 10.4 Å². The number of hydrogen-bond acceptors (Lipinski definition) is 2. The molecule has 6 heteroatoms. The number of fused-ring (bicyclic) bond motifs is 3. The second-order valence-corrected chi connectivity index (χ2v) is 5.64. The standard InChI is InChI=1S/C19H15N5O/c20-19(21)23-18(25)12-7-8-15-14-5-1-2-6-16(14)24(17(15)10-12)13-4-3-9-22-11-13/h1-11H,(H4,20,21,23,25). The number of aliphatic imine (C=N–C) groups is 1. The van der Waals surface area contributed by atoms with Crippen LogP contribution in [0, 0.1) is 0 Å². The largest absolute Gasteiger partial charge is 0.370 e. The van der Waals surface area contributed by atoms with Crippen LogP contribution in [0.15, 0.2) is 72.0 Å². The fourth-order valence-electron chi connectivity index (χ4n) is 3.05. The van der Waals surface area contributed by atoms with Crippen molar-refractivity contribution in [3.63, 3.8) is 0 Å². The lowest BCUT2D eigenvalue weighted by Gasteiger charge is -2.07. The number of aromatic nitrogens is 2. The molecule has 0 aliphatic rings. The topological polar surface area (TPSA) is 99.3 Å². The van der Waals surface area contributed by atoms with Crippen molar-refractivity contribution in [3.05, 3.63) is 72.6 Å². The lowest BCUT2D eigenvalue weighted by molar-refractivity contribution is 0.100. The molecular weight excluding hydrogens is 314 g/mol. The summed E-state index contributed by atoms with van der Waals surface area (Å²) in [6.07, 6.45) is 3.52. The van der Waals surface area contributed by atoms with Gasteiger partial charge in [-0.15, -0.1) is 0 Å². The maximum absolute atomic E-state index is 12.2. The van der Waals surface area contributed by atoms with E-state index in [1.165, 1.54) is 0 Å². The number of benzene rings is 2. The van der Waals surface area contributed by atoms with Crippen LogP contribution in [-0.2, 0) is 0 Å². The van der Waals surface area contributed by atoms with Crippen molar-refractivity contribution in [1.29, 1.82) is 0 Å². The summed E-state index contributed by atoms with van der Waals surface area (Å²) in [5.74, 6) is -0.720. The van der Waals surface area contributed by atoms with E-state index < -0.39 is 5.91 Å². The highest BCUT2D eigenvalue weighted by Gasteiger charge is 2.14. The monoisotopic (exact) mass is 329 g/mol. The zero-order chi connectivity index (χ0) is 17.4. The lowest BCUT2D eigenvalue weighted by Crippen LogP contribution is -2.24. The molecular formula is C19H15N5O. The van der Waals surface area contributed by atoms with Gasteiger partial charge in [-0.2, -0.15) is 4.99 Å². The van der Waals surface area contributed by atoms with Gasteiger partial charge >= 0.3 is 0 Å². The Morgan fingerprint density at radius 3 is 2.52 bits per heavy atom. The van der Waals surface area contributed by atoms with Gasteiger partial charge in [-0.3, -0.25) is 9.78 Å². The minimum absolute atomic E-state index is 0.252. The van der Waals surface area contributed by atoms with Gasteiger partial charge in [0.05, 0.1) is 22.9 Å². The molecule has 0 saturated carbocycles. The smallest absolute Gasteiger partial charge is 0.280 e. The van der Waals surface area contributed by atoms with Gasteiger partial charge in [-0.1, -0.05) is 24.3 Å². The van der Waals surface area contributed by atoms with Crippen LogP contribution in [0.5, 0.6) is 0 Å². The van der Waals surface area contributed by atoms with E-state index in [4.69, 9.17) is 11.5 Å². The van der Waals surface area contributed by atoms with Gasteiger partial charge in [0.25, 0.3) is 5.91 Å². The molecule has 2 aromatic carbocycles. The normalized spacial score (nSPS) is 10.9. The fourth-order valence-corrected chi connectivity index (χ4v) is 3.05. The number of nitrogens with two attached hydrogens (primary N) is 2. The second kappa shape index (κ2) is 5.76. The van der Waals surface area contributed by atoms with Gasteiger partial charge in [0.15, 0.2) is 5.96 Å². The Kier molecular flexibility index (Phi) is 3.43. The predicted octanol–water partition coefficient (Wildman–Crippen LogP) is 2.59. The first-order valence-electron chi connectivity index (χ1n) is 7.73. The maximum Gasteiger partial charge on any atom is 0.280 e. The number of rotatable bonds is 2. The number of nitrogens with zero attached hydrogens (tertiary/aromatic N) is 3. The summed E-state index contributed by atoms with van der Waals surface area (Å²) >= 11 is 0. The third-order valence-electron chi connectivity index (χ3n) is 4.06. The van der Waals surface area contributed by atoms with Gasteiger partial charge < -0.3 is 16.0 Å². The summed E-state index contributed by atoms with van der Waals surface area (Å²) < 4.78 is 2.07. The molecule has 0 radical (unpaired) electrons. The van der Waals surface area contributed by atoms with E-state index in [1.54, 1.807) is 24.5 Å². The number of hydrogen-bond donors (Lipinski definition) is 2. The molecule has 2 aromatic heterocycles. The summed E-state index contributed by atoms with van der Waals surface area (Å²) in [5.41, 5.74) is 13.9. The molecule has 122 valence electrons. The zero-order valence-corrected chi connectivity index (χ0v) is 13.3. The second-order valence-electron chi connectivity index (χ2n) is 5.64. The number of guanidine groups is 1. The lowest BCUT2D eigenvalue weighted by atomic mass is 10.1. The molecule has 0 aliphatic carbocycles. The summed E-state index contributed by atoms with van der Waals surface area (Å²) in [7, 11) is 0. The minimum atomic E-state index is -0.468. The predicted molar refractivity (Wildman–Crippen MR) is 98.7 cm³/mol. The maximum atomic E-state index is 12.2.